The molecular formula is C16H12FNO4. The minimum absolute atomic E-state index is 0.0785. The molecule has 0 bridgehead atoms. The number of phenols is 1. The highest BCUT2D eigenvalue weighted by atomic mass is 19.1. The number of halogens is 1. The zero-order valence-corrected chi connectivity index (χ0v) is 11.7. The minimum atomic E-state index is -0.821. The van der Waals surface area contributed by atoms with Gasteiger partial charge in [-0.05, 0) is 30.3 Å². The predicted octanol–water partition coefficient (Wildman–Crippen LogP) is 2.77. The van der Waals surface area contributed by atoms with Crippen molar-refractivity contribution in [1.82, 2.24) is 0 Å². The second-order valence-electron chi connectivity index (χ2n) is 4.35. The topological polar surface area (TPSA) is 79.5 Å². The summed E-state index contributed by atoms with van der Waals surface area (Å²) in [6, 6.07) is 10.0. The van der Waals surface area contributed by atoms with Crippen molar-refractivity contribution in [3.05, 3.63) is 58.9 Å². The van der Waals surface area contributed by atoms with E-state index in [1.54, 1.807) is 0 Å². The monoisotopic (exact) mass is 301 g/mol. The molecule has 0 saturated heterocycles. The highest BCUT2D eigenvalue weighted by Crippen LogP contribution is 2.30. The van der Waals surface area contributed by atoms with Gasteiger partial charge in [-0.15, -0.1) is 0 Å². The summed E-state index contributed by atoms with van der Waals surface area (Å²) in [5.74, 6) is -1.62. The molecular weight excluding hydrogens is 289 g/mol. The normalized spacial score (nSPS) is 9.86. The Morgan fingerprint density at radius 2 is 2.14 bits per heavy atom. The fraction of sp³-hybridized carbons (Fsp3) is 0.125. The van der Waals surface area contributed by atoms with Gasteiger partial charge in [-0.3, -0.25) is 0 Å². The molecule has 0 amide bonds. The first-order valence-electron chi connectivity index (χ1n) is 6.28. The first-order chi connectivity index (χ1) is 10.6. The Morgan fingerprint density at radius 3 is 2.82 bits per heavy atom. The van der Waals surface area contributed by atoms with E-state index in [1.165, 1.54) is 37.4 Å². The summed E-state index contributed by atoms with van der Waals surface area (Å²) in [4.78, 5) is 11.9. The molecule has 5 nitrogen and oxygen atoms in total. The van der Waals surface area contributed by atoms with Crippen molar-refractivity contribution < 1.29 is 23.8 Å². The third-order valence-corrected chi connectivity index (χ3v) is 2.97. The average Bonchev–Trinajstić information content (AvgIpc) is 2.54. The van der Waals surface area contributed by atoms with Gasteiger partial charge >= 0.3 is 5.97 Å². The molecule has 0 atom stereocenters. The lowest BCUT2D eigenvalue weighted by Gasteiger charge is -2.09. The first-order valence-corrected chi connectivity index (χ1v) is 6.28. The maximum absolute atomic E-state index is 13.6. The van der Waals surface area contributed by atoms with Crippen LogP contribution in [0.1, 0.15) is 21.5 Å². The lowest BCUT2D eigenvalue weighted by molar-refractivity contribution is 0.0465. The Hall–Kier alpha value is -3.07. The number of hydrogen-bond donors (Lipinski definition) is 1. The van der Waals surface area contributed by atoms with Crippen LogP contribution in [-0.2, 0) is 11.3 Å². The number of methoxy groups -OCH3 is 1. The van der Waals surface area contributed by atoms with Crippen molar-refractivity contribution in [3.63, 3.8) is 0 Å². The largest absolute Gasteiger partial charge is 0.504 e. The zero-order valence-electron chi connectivity index (χ0n) is 11.7. The van der Waals surface area contributed by atoms with Gasteiger partial charge in [0, 0.05) is 5.56 Å². The molecule has 1 N–H and O–H groups in total. The van der Waals surface area contributed by atoms with E-state index in [0.29, 0.717) is 0 Å². The van der Waals surface area contributed by atoms with Crippen LogP contribution in [0.5, 0.6) is 11.5 Å². The number of ether oxygens (including phenoxy) is 2. The van der Waals surface area contributed by atoms with Gasteiger partial charge in [-0.25, -0.2) is 9.18 Å². The number of rotatable bonds is 4. The maximum atomic E-state index is 13.6. The van der Waals surface area contributed by atoms with Gasteiger partial charge in [-0.2, -0.15) is 5.26 Å². The Balaban J connectivity index is 2.16. The van der Waals surface area contributed by atoms with E-state index in [2.05, 4.69) is 0 Å². The zero-order chi connectivity index (χ0) is 16.1. The number of aromatic hydroxyl groups is 1. The molecule has 22 heavy (non-hydrogen) atoms. The number of esters is 1. The van der Waals surface area contributed by atoms with E-state index < -0.39 is 11.8 Å². The molecule has 0 unspecified atom stereocenters. The molecule has 2 aromatic carbocycles. The molecule has 0 aromatic heterocycles. The Kier molecular flexibility index (Phi) is 4.59. The second-order valence-corrected chi connectivity index (χ2v) is 4.35. The molecule has 0 aliphatic heterocycles. The summed E-state index contributed by atoms with van der Waals surface area (Å²) >= 11 is 0. The Morgan fingerprint density at radius 1 is 1.36 bits per heavy atom. The van der Waals surface area contributed by atoms with Crippen molar-refractivity contribution in [2.45, 2.75) is 6.61 Å². The van der Waals surface area contributed by atoms with Crippen LogP contribution in [0.3, 0.4) is 0 Å². The van der Waals surface area contributed by atoms with Crippen LogP contribution in [0.2, 0.25) is 0 Å². The number of carbonyl (C=O) groups is 1. The fourth-order valence-corrected chi connectivity index (χ4v) is 1.83. The van der Waals surface area contributed by atoms with E-state index in [1.807, 2.05) is 6.07 Å². The molecule has 0 spiro atoms. The number of nitriles is 1. The van der Waals surface area contributed by atoms with Crippen LogP contribution in [0.15, 0.2) is 36.4 Å². The molecule has 0 fully saturated rings. The van der Waals surface area contributed by atoms with Crippen molar-refractivity contribution in [1.29, 1.82) is 5.26 Å². The SMILES string of the molecule is COc1cccc(C(=O)OCc2cc(C#N)ccc2F)c1O. The number of carbonyl (C=O) groups excluding carboxylic acids is 1. The number of phenolic OH excluding ortho intramolecular Hbond substituents is 1. The summed E-state index contributed by atoms with van der Waals surface area (Å²) < 4.78 is 23.5. The standard InChI is InChI=1S/C16H12FNO4/c1-21-14-4-2-3-12(15(14)19)16(20)22-9-11-7-10(8-18)5-6-13(11)17/h2-7,19H,9H2,1H3. The average molecular weight is 301 g/mol. The van der Waals surface area contributed by atoms with E-state index in [-0.39, 0.29) is 34.8 Å². The van der Waals surface area contributed by atoms with Crippen molar-refractivity contribution in [3.8, 4) is 17.6 Å². The first kappa shape index (κ1) is 15.3. The summed E-state index contributed by atoms with van der Waals surface area (Å²) in [6.45, 7) is -0.350. The van der Waals surface area contributed by atoms with E-state index in [9.17, 15) is 14.3 Å². The third-order valence-electron chi connectivity index (χ3n) is 2.97. The quantitative estimate of drug-likeness (QED) is 0.878. The van der Waals surface area contributed by atoms with Crippen molar-refractivity contribution in [2.24, 2.45) is 0 Å². The van der Waals surface area contributed by atoms with E-state index in [4.69, 9.17) is 14.7 Å². The number of benzene rings is 2. The summed E-state index contributed by atoms with van der Waals surface area (Å²) in [5, 5.41) is 18.6. The van der Waals surface area contributed by atoms with Gasteiger partial charge in [0.25, 0.3) is 0 Å². The van der Waals surface area contributed by atoms with E-state index >= 15 is 0 Å². The molecule has 112 valence electrons. The molecule has 0 heterocycles. The summed E-state index contributed by atoms with van der Waals surface area (Å²) in [6.07, 6.45) is 0. The van der Waals surface area contributed by atoms with Crippen LogP contribution >= 0.6 is 0 Å². The van der Waals surface area contributed by atoms with E-state index in [0.717, 1.165) is 6.07 Å². The summed E-state index contributed by atoms with van der Waals surface area (Å²) in [7, 11) is 1.35. The maximum Gasteiger partial charge on any atom is 0.342 e. The molecule has 6 heteroatoms. The molecule has 0 radical (unpaired) electrons. The second kappa shape index (κ2) is 6.59. The highest BCUT2D eigenvalue weighted by molar-refractivity contribution is 5.93. The predicted molar refractivity (Wildman–Crippen MR) is 74.9 cm³/mol. The smallest absolute Gasteiger partial charge is 0.342 e. The molecule has 0 aliphatic rings. The van der Waals surface area contributed by atoms with Gasteiger partial charge in [0.15, 0.2) is 11.5 Å². The molecule has 2 aromatic rings. The van der Waals surface area contributed by atoms with Crippen molar-refractivity contribution in [2.75, 3.05) is 7.11 Å². The van der Waals surface area contributed by atoms with Gasteiger partial charge < -0.3 is 14.6 Å². The van der Waals surface area contributed by atoms with Crippen LogP contribution in [-0.4, -0.2) is 18.2 Å². The summed E-state index contributed by atoms with van der Waals surface area (Å²) in [5.41, 5.74) is 0.252. The van der Waals surface area contributed by atoms with Gasteiger partial charge in [0.2, 0.25) is 0 Å². The number of para-hydroxylation sites is 1. The molecule has 0 saturated carbocycles. The molecule has 0 aliphatic carbocycles. The highest BCUT2D eigenvalue weighted by Gasteiger charge is 2.17. The van der Waals surface area contributed by atoms with Gasteiger partial charge in [-0.1, -0.05) is 6.07 Å². The Bertz CT molecular complexity index is 752. The Labute approximate surface area is 126 Å². The third kappa shape index (κ3) is 3.15. The van der Waals surface area contributed by atoms with Crippen LogP contribution in [0.25, 0.3) is 0 Å². The van der Waals surface area contributed by atoms with Crippen molar-refractivity contribution >= 4 is 5.97 Å². The lowest BCUT2D eigenvalue weighted by atomic mass is 10.1. The lowest BCUT2D eigenvalue weighted by Crippen LogP contribution is -2.07. The van der Waals surface area contributed by atoms with Crippen LogP contribution in [0, 0.1) is 17.1 Å². The number of hydrogen-bond acceptors (Lipinski definition) is 5. The fourth-order valence-electron chi connectivity index (χ4n) is 1.83. The van der Waals surface area contributed by atoms with Gasteiger partial charge in [0.1, 0.15) is 18.0 Å². The van der Waals surface area contributed by atoms with Gasteiger partial charge in [0.05, 0.1) is 18.7 Å². The minimum Gasteiger partial charge on any atom is -0.504 e. The van der Waals surface area contributed by atoms with Crippen LogP contribution < -0.4 is 4.74 Å². The van der Waals surface area contributed by atoms with Crippen LogP contribution in [0.4, 0.5) is 4.39 Å². The number of nitrogens with zero attached hydrogens (tertiary/aromatic N) is 1. The molecule has 2 rings (SSSR count).